The van der Waals surface area contributed by atoms with Crippen LogP contribution >= 0.6 is 0 Å². The molecule has 0 aromatic heterocycles. The van der Waals surface area contributed by atoms with E-state index in [1.54, 1.807) is 0 Å². The standard InChI is InChI=1S/C8H14O3/c1-2-11-6-8(7(9)10)4-3-5-8/h2-6H2,1H3,(H,9,10). The van der Waals surface area contributed by atoms with Gasteiger partial charge in [0.05, 0.1) is 12.0 Å². The lowest BCUT2D eigenvalue weighted by Crippen LogP contribution is -2.42. The smallest absolute Gasteiger partial charge is 0.311 e. The fourth-order valence-corrected chi connectivity index (χ4v) is 1.32. The van der Waals surface area contributed by atoms with Gasteiger partial charge in [-0.25, -0.2) is 0 Å². The average Bonchev–Trinajstić information content (AvgIpc) is 1.85. The summed E-state index contributed by atoms with van der Waals surface area (Å²) in [5.74, 6) is -0.697. The summed E-state index contributed by atoms with van der Waals surface area (Å²) in [6.07, 6.45) is 2.59. The molecule has 1 rings (SSSR count). The van der Waals surface area contributed by atoms with Gasteiger partial charge in [0.2, 0.25) is 0 Å². The molecule has 0 radical (unpaired) electrons. The van der Waals surface area contributed by atoms with Gasteiger partial charge in [0.25, 0.3) is 0 Å². The summed E-state index contributed by atoms with van der Waals surface area (Å²) >= 11 is 0. The number of carbonyl (C=O) groups is 1. The van der Waals surface area contributed by atoms with Crippen molar-refractivity contribution in [3.63, 3.8) is 0 Å². The SMILES string of the molecule is CCOCC1(C(=O)O)CCC1. The first-order valence-electron chi connectivity index (χ1n) is 4.02. The van der Waals surface area contributed by atoms with Gasteiger partial charge in [-0.05, 0) is 19.8 Å². The number of hydrogen-bond donors (Lipinski definition) is 1. The quantitative estimate of drug-likeness (QED) is 0.670. The lowest BCUT2D eigenvalue weighted by molar-refractivity contribution is -0.159. The Hall–Kier alpha value is -0.570. The van der Waals surface area contributed by atoms with E-state index in [1.165, 1.54) is 0 Å². The first-order chi connectivity index (χ1) is 5.21. The molecule has 0 saturated heterocycles. The lowest BCUT2D eigenvalue weighted by Gasteiger charge is -2.36. The molecule has 0 unspecified atom stereocenters. The van der Waals surface area contributed by atoms with Crippen LogP contribution in [0, 0.1) is 5.41 Å². The molecular weight excluding hydrogens is 144 g/mol. The van der Waals surface area contributed by atoms with Gasteiger partial charge in [-0.1, -0.05) is 6.42 Å². The van der Waals surface area contributed by atoms with Crippen LogP contribution in [0.2, 0.25) is 0 Å². The molecule has 64 valence electrons. The van der Waals surface area contributed by atoms with Gasteiger partial charge in [-0.2, -0.15) is 0 Å². The Bertz CT molecular complexity index is 149. The summed E-state index contributed by atoms with van der Waals surface area (Å²) in [4.78, 5) is 10.7. The van der Waals surface area contributed by atoms with Crippen molar-refractivity contribution in [2.75, 3.05) is 13.2 Å². The Kier molecular flexibility index (Phi) is 2.49. The maximum Gasteiger partial charge on any atom is 0.311 e. The Morgan fingerprint density at radius 2 is 2.27 bits per heavy atom. The molecule has 0 atom stereocenters. The molecule has 0 bridgehead atoms. The monoisotopic (exact) mass is 158 g/mol. The third-order valence-corrected chi connectivity index (χ3v) is 2.35. The number of carboxylic acid groups (broad SMARTS) is 1. The van der Waals surface area contributed by atoms with Gasteiger partial charge in [-0.3, -0.25) is 4.79 Å². The first-order valence-corrected chi connectivity index (χ1v) is 4.02. The second-order valence-electron chi connectivity index (χ2n) is 3.08. The molecule has 0 aliphatic heterocycles. The minimum atomic E-state index is -0.697. The zero-order chi connectivity index (χ0) is 8.32. The Labute approximate surface area is 66.4 Å². The lowest BCUT2D eigenvalue weighted by atomic mass is 9.69. The Balaban J connectivity index is 2.40. The fourth-order valence-electron chi connectivity index (χ4n) is 1.32. The highest BCUT2D eigenvalue weighted by Gasteiger charge is 2.44. The third-order valence-electron chi connectivity index (χ3n) is 2.35. The van der Waals surface area contributed by atoms with E-state index in [1.807, 2.05) is 6.92 Å². The van der Waals surface area contributed by atoms with Crippen LogP contribution in [0.5, 0.6) is 0 Å². The molecule has 1 aliphatic carbocycles. The summed E-state index contributed by atoms with van der Waals surface area (Å²) in [5, 5.41) is 8.83. The van der Waals surface area contributed by atoms with Crippen molar-refractivity contribution in [1.82, 2.24) is 0 Å². The van der Waals surface area contributed by atoms with Crippen LogP contribution in [0.4, 0.5) is 0 Å². The highest BCUT2D eigenvalue weighted by molar-refractivity contribution is 5.75. The fraction of sp³-hybridized carbons (Fsp3) is 0.875. The van der Waals surface area contributed by atoms with Gasteiger partial charge >= 0.3 is 5.97 Å². The number of hydrogen-bond acceptors (Lipinski definition) is 2. The number of ether oxygens (including phenoxy) is 1. The Morgan fingerprint density at radius 3 is 2.55 bits per heavy atom. The van der Waals surface area contributed by atoms with Gasteiger partial charge in [0.15, 0.2) is 0 Å². The normalized spacial score (nSPS) is 20.8. The summed E-state index contributed by atoms with van der Waals surface area (Å²) in [6.45, 7) is 2.88. The first kappa shape index (κ1) is 8.53. The second-order valence-corrected chi connectivity index (χ2v) is 3.08. The van der Waals surface area contributed by atoms with E-state index in [2.05, 4.69) is 0 Å². The van der Waals surface area contributed by atoms with Crippen LogP contribution in [0.3, 0.4) is 0 Å². The van der Waals surface area contributed by atoms with E-state index in [4.69, 9.17) is 9.84 Å². The molecule has 0 spiro atoms. The van der Waals surface area contributed by atoms with E-state index < -0.39 is 11.4 Å². The van der Waals surface area contributed by atoms with Crippen LogP contribution < -0.4 is 0 Å². The predicted molar refractivity (Wildman–Crippen MR) is 40.4 cm³/mol. The van der Waals surface area contributed by atoms with Gasteiger partial charge in [-0.15, -0.1) is 0 Å². The van der Waals surface area contributed by atoms with E-state index >= 15 is 0 Å². The van der Waals surface area contributed by atoms with E-state index in [0.29, 0.717) is 13.2 Å². The minimum Gasteiger partial charge on any atom is -0.481 e. The van der Waals surface area contributed by atoms with Crippen LogP contribution in [0.1, 0.15) is 26.2 Å². The molecule has 0 amide bonds. The van der Waals surface area contributed by atoms with Gasteiger partial charge in [0, 0.05) is 6.61 Å². The van der Waals surface area contributed by atoms with E-state index in [9.17, 15) is 4.79 Å². The van der Waals surface area contributed by atoms with Crippen molar-refractivity contribution in [2.45, 2.75) is 26.2 Å². The number of aliphatic carboxylic acids is 1. The molecular formula is C8H14O3. The van der Waals surface area contributed by atoms with Crippen LogP contribution in [0.25, 0.3) is 0 Å². The molecule has 1 N–H and O–H groups in total. The molecule has 0 aromatic carbocycles. The molecule has 1 saturated carbocycles. The minimum absolute atomic E-state index is 0.388. The van der Waals surface area contributed by atoms with Crippen LogP contribution in [-0.2, 0) is 9.53 Å². The summed E-state index contributed by atoms with van der Waals surface area (Å²) in [7, 11) is 0. The van der Waals surface area contributed by atoms with Crippen molar-refractivity contribution >= 4 is 5.97 Å². The average molecular weight is 158 g/mol. The number of rotatable bonds is 4. The van der Waals surface area contributed by atoms with Crippen molar-refractivity contribution in [2.24, 2.45) is 5.41 Å². The molecule has 3 nitrogen and oxygen atoms in total. The predicted octanol–water partition coefficient (Wildman–Crippen LogP) is 1.28. The van der Waals surface area contributed by atoms with Crippen molar-refractivity contribution in [3.05, 3.63) is 0 Å². The molecule has 0 aromatic rings. The van der Waals surface area contributed by atoms with Crippen molar-refractivity contribution in [3.8, 4) is 0 Å². The van der Waals surface area contributed by atoms with E-state index in [0.717, 1.165) is 19.3 Å². The summed E-state index contributed by atoms with van der Waals surface area (Å²) < 4.78 is 5.12. The third kappa shape index (κ3) is 1.53. The molecule has 0 heterocycles. The number of carboxylic acids is 1. The zero-order valence-corrected chi connectivity index (χ0v) is 6.80. The van der Waals surface area contributed by atoms with E-state index in [-0.39, 0.29) is 0 Å². The molecule has 1 aliphatic rings. The second kappa shape index (κ2) is 3.22. The largest absolute Gasteiger partial charge is 0.481 e. The zero-order valence-electron chi connectivity index (χ0n) is 6.80. The van der Waals surface area contributed by atoms with Crippen LogP contribution in [-0.4, -0.2) is 24.3 Å². The highest BCUT2D eigenvalue weighted by atomic mass is 16.5. The van der Waals surface area contributed by atoms with Crippen molar-refractivity contribution in [1.29, 1.82) is 0 Å². The topological polar surface area (TPSA) is 46.5 Å². The van der Waals surface area contributed by atoms with Crippen molar-refractivity contribution < 1.29 is 14.6 Å². The van der Waals surface area contributed by atoms with Crippen LogP contribution in [0.15, 0.2) is 0 Å². The maximum absolute atomic E-state index is 10.7. The highest BCUT2D eigenvalue weighted by Crippen LogP contribution is 2.41. The molecule has 1 fully saturated rings. The summed E-state index contributed by atoms with van der Waals surface area (Å²) in [5.41, 5.74) is -0.532. The maximum atomic E-state index is 10.7. The van der Waals surface area contributed by atoms with Gasteiger partial charge < -0.3 is 9.84 Å². The summed E-state index contributed by atoms with van der Waals surface area (Å²) in [6, 6.07) is 0. The molecule has 11 heavy (non-hydrogen) atoms. The molecule has 3 heteroatoms. The Morgan fingerprint density at radius 1 is 1.64 bits per heavy atom. The van der Waals surface area contributed by atoms with Gasteiger partial charge in [0.1, 0.15) is 0 Å².